The molecule has 0 aliphatic carbocycles. The van der Waals surface area contributed by atoms with Gasteiger partial charge in [-0.15, -0.1) is 0 Å². The summed E-state index contributed by atoms with van der Waals surface area (Å²) in [4.78, 5) is 37.0. The highest BCUT2D eigenvalue weighted by atomic mass is 16.6. The molecule has 0 spiro atoms. The molecular weight excluding hydrogens is 522 g/mol. The van der Waals surface area contributed by atoms with Gasteiger partial charge in [0.25, 0.3) is 0 Å². The predicted molar refractivity (Wildman–Crippen MR) is 159 cm³/mol. The zero-order valence-electron chi connectivity index (χ0n) is 25.6. The van der Waals surface area contributed by atoms with Crippen molar-refractivity contribution in [2.24, 2.45) is 0 Å². The Hall–Kier alpha value is -4.19. The SMILES string of the molecule is CC(C)(C)OC(=O)NCC#Cc1c(CNC(=O)OC(C)(C)C)cc(-c2ccccc2)cc1CNC(=O)OC(C)(C)C. The van der Waals surface area contributed by atoms with Crippen molar-refractivity contribution < 1.29 is 28.6 Å². The Kier molecular flexibility index (Phi) is 11.2. The first kappa shape index (κ1) is 33.0. The number of amides is 3. The average molecular weight is 566 g/mol. The number of ether oxygens (including phenoxy) is 3. The van der Waals surface area contributed by atoms with Crippen LogP contribution in [0.1, 0.15) is 79.0 Å². The zero-order valence-corrected chi connectivity index (χ0v) is 25.6. The Balaban J connectivity index is 2.47. The molecule has 0 bridgehead atoms. The lowest BCUT2D eigenvalue weighted by Gasteiger charge is -2.21. The first-order chi connectivity index (χ1) is 18.9. The van der Waals surface area contributed by atoms with Crippen LogP contribution < -0.4 is 16.0 Å². The van der Waals surface area contributed by atoms with E-state index in [1.54, 1.807) is 62.3 Å². The Bertz CT molecular complexity index is 1220. The summed E-state index contributed by atoms with van der Waals surface area (Å²) in [5.74, 6) is 6.08. The highest BCUT2D eigenvalue weighted by molar-refractivity contribution is 5.72. The molecule has 0 aromatic heterocycles. The maximum Gasteiger partial charge on any atom is 0.408 e. The molecule has 0 heterocycles. The van der Waals surface area contributed by atoms with E-state index in [0.29, 0.717) is 16.7 Å². The summed E-state index contributed by atoms with van der Waals surface area (Å²) < 4.78 is 16.1. The molecular formula is C32H43N3O6. The number of benzene rings is 2. The minimum absolute atomic E-state index is 0.0349. The van der Waals surface area contributed by atoms with E-state index in [9.17, 15) is 14.4 Å². The summed E-state index contributed by atoms with van der Waals surface area (Å²) in [6.45, 7) is 16.4. The fourth-order valence-electron chi connectivity index (χ4n) is 3.53. The van der Waals surface area contributed by atoms with Gasteiger partial charge in [-0.3, -0.25) is 0 Å². The van der Waals surface area contributed by atoms with Gasteiger partial charge in [0.15, 0.2) is 0 Å². The summed E-state index contributed by atoms with van der Waals surface area (Å²) in [6.07, 6.45) is -1.71. The van der Waals surface area contributed by atoms with Crippen LogP contribution in [0.4, 0.5) is 14.4 Å². The van der Waals surface area contributed by atoms with Crippen LogP contribution in [0.2, 0.25) is 0 Å². The van der Waals surface area contributed by atoms with E-state index in [1.165, 1.54) is 0 Å². The van der Waals surface area contributed by atoms with Gasteiger partial charge in [-0.05, 0) is 96.7 Å². The van der Waals surface area contributed by atoms with Gasteiger partial charge in [-0.2, -0.15) is 0 Å². The van der Waals surface area contributed by atoms with Crippen molar-refractivity contribution in [1.29, 1.82) is 0 Å². The monoisotopic (exact) mass is 565 g/mol. The second-order valence-corrected chi connectivity index (χ2v) is 12.4. The molecule has 0 saturated heterocycles. The average Bonchev–Trinajstić information content (AvgIpc) is 2.81. The second kappa shape index (κ2) is 13.9. The lowest BCUT2D eigenvalue weighted by atomic mass is 9.94. The first-order valence-corrected chi connectivity index (χ1v) is 13.5. The van der Waals surface area contributed by atoms with Gasteiger partial charge in [0.2, 0.25) is 0 Å². The highest BCUT2D eigenvalue weighted by Gasteiger charge is 2.20. The third-order valence-electron chi connectivity index (χ3n) is 4.99. The zero-order chi connectivity index (χ0) is 30.8. The van der Waals surface area contributed by atoms with Crippen molar-refractivity contribution in [2.45, 2.75) is 92.2 Å². The van der Waals surface area contributed by atoms with E-state index in [1.807, 2.05) is 42.5 Å². The smallest absolute Gasteiger partial charge is 0.408 e. The van der Waals surface area contributed by atoms with Crippen LogP contribution in [0.5, 0.6) is 0 Å². The molecule has 222 valence electrons. The molecule has 41 heavy (non-hydrogen) atoms. The normalized spacial score (nSPS) is 11.4. The molecule has 2 aromatic carbocycles. The van der Waals surface area contributed by atoms with Crippen molar-refractivity contribution >= 4 is 18.3 Å². The lowest BCUT2D eigenvalue weighted by Crippen LogP contribution is -2.33. The molecule has 0 aliphatic heterocycles. The molecule has 0 radical (unpaired) electrons. The van der Waals surface area contributed by atoms with E-state index in [0.717, 1.165) is 11.1 Å². The Labute approximate surface area is 243 Å². The quantitative estimate of drug-likeness (QED) is 0.281. The number of rotatable bonds is 6. The van der Waals surface area contributed by atoms with Crippen LogP contribution >= 0.6 is 0 Å². The standard InChI is InChI=1S/C32H43N3O6/c1-30(2,3)39-27(36)33-17-13-16-26-24(20-34-28(37)40-31(4,5)6)18-23(22-14-11-10-12-15-22)19-25(26)21-35-29(38)41-32(7,8)9/h10-12,14-15,18-19H,17,20-21H2,1-9H3,(H,33,36)(H,34,37)(H,35,38). The minimum Gasteiger partial charge on any atom is -0.444 e. The van der Waals surface area contributed by atoms with Crippen molar-refractivity contribution in [1.82, 2.24) is 16.0 Å². The number of carbonyl (C=O) groups is 3. The summed E-state index contributed by atoms with van der Waals surface area (Å²) in [5, 5.41) is 8.23. The molecule has 0 aliphatic rings. The molecule has 0 saturated carbocycles. The van der Waals surface area contributed by atoms with Gasteiger partial charge in [0, 0.05) is 18.7 Å². The fourth-order valence-corrected chi connectivity index (χ4v) is 3.53. The van der Waals surface area contributed by atoms with E-state index in [2.05, 4.69) is 27.8 Å². The Morgan fingerprint density at radius 1 is 0.634 bits per heavy atom. The third-order valence-corrected chi connectivity index (χ3v) is 4.99. The van der Waals surface area contributed by atoms with Gasteiger partial charge in [0.05, 0.1) is 6.54 Å². The number of alkyl carbamates (subject to hydrolysis) is 3. The van der Waals surface area contributed by atoms with Gasteiger partial charge < -0.3 is 30.2 Å². The molecule has 0 unspecified atom stereocenters. The van der Waals surface area contributed by atoms with Crippen LogP contribution in [-0.4, -0.2) is 41.6 Å². The number of hydrogen-bond donors (Lipinski definition) is 3. The third kappa shape index (κ3) is 13.1. The first-order valence-electron chi connectivity index (χ1n) is 13.5. The maximum absolute atomic E-state index is 12.5. The second-order valence-electron chi connectivity index (χ2n) is 12.4. The fraction of sp³-hybridized carbons (Fsp3) is 0.469. The summed E-state index contributed by atoms with van der Waals surface area (Å²) in [7, 11) is 0. The van der Waals surface area contributed by atoms with E-state index in [4.69, 9.17) is 14.2 Å². The minimum atomic E-state index is -0.658. The molecule has 3 N–H and O–H groups in total. The van der Waals surface area contributed by atoms with Crippen LogP contribution in [0.25, 0.3) is 11.1 Å². The van der Waals surface area contributed by atoms with Gasteiger partial charge in [-0.25, -0.2) is 14.4 Å². The van der Waals surface area contributed by atoms with Crippen molar-refractivity contribution in [3.8, 4) is 23.0 Å². The van der Waals surface area contributed by atoms with Crippen LogP contribution in [-0.2, 0) is 27.3 Å². The van der Waals surface area contributed by atoms with E-state index in [-0.39, 0.29) is 19.6 Å². The molecule has 2 rings (SSSR count). The molecule has 9 nitrogen and oxygen atoms in total. The highest BCUT2D eigenvalue weighted by Crippen LogP contribution is 2.26. The van der Waals surface area contributed by atoms with Crippen molar-refractivity contribution in [3.63, 3.8) is 0 Å². The van der Waals surface area contributed by atoms with E-state index >= 15 is 0 Å². The van der Waals surface area contributed by atoms with Crippen molar-refractivity contribution in [3.05, 3.63) is 59.2 Å². The van der Waals surface area contributed by atoms with Crippen LogP contribution in [0.3, 0.4) is 0 Å². The summed E-state index contributed by atoms with van der Waals surface area (Å²) in [5.41, 5.74) is 1.91. The van der Waals surface area contributed by atoms with E-state index < -0.39 is 35.1 Å². The van der Waals surface area contributed by atoms with Crippen molar-refractivity contribution in [2.75, 3.05) is 6.54 Å². The number of hydrogen-bond acceptors (Lipinski definition) is 6. The molecule has 0 atom stereocenters. The molecule has 0 fully saturated rings. The largest absolute Gasteiger partial charge is 0.444 e. The molecule has 9 heteroatoms. The van der Waals surface area contributed by atoms with Crippen LogP contribution in [0, 0.1) is 11.8 Å². The topological polar surface area (TPSA) is 115 Å². The molecule has 3 amide bonds. The lowest BCUT2D eigenvalue weighted by molar-refractivity contribution is 0.0513. The predicted octanol–water partition coefficient (Wildman–Crippen LogP) is 6.28. The summed E-state index contributed by atoms with van der Waals surface area (Å²) in [6, 6.07) is 13.6. The summed E-state index contributed by atoms with van der Waals surface area (Å²) >= 11 is 0. The molecule has 2 aromatic rings. The number of nitrogens with one attached hydrogen (secondary N) is 3. The van der Waals surface area contributed by atoms with Gasteiger partial charge in [-0.1, -0.05) is 42.2 Å². The van der Waals surface area contributed by atoms with Crippen LogP contribution in [0.15, 0.2) is 42.5 Å². The Morgan fingerprint density at radius 2 is 1.05 bits per heavy atom. The maximum atomic E-state index is 12.5. The number of carbonyl (C=O) groups excluding carboxylic acids is 3. The van der Waals surface area contributed by atoms with Gasteiger partial charge in [0.1, 0.15) is 16.8 Å². The van der Waals surface area contributed by atoms with Gasteiger partial charge >= 0.3 is 18.3 Å². The Morgan fingerprint density at radius 3 is 1.46 bits per heavy atom.